The highest BCUT2D eigenvalue weighted by Crippen LogP contribution is 2.28. The molecule has 1 aromatic heterocycles. The molecule has 20 heavy (non-hydrogen) atoms. The summed E-state index contributed by atoms with van der Waals surface area (Å²) < 4.78 is 0. The summed E-state index contributed by atoms with van der Waals surface area (Å²) >= 11 is 1.67. The van der Waals surface area contributed by atoms with Crippen LogP contribution in [0.4, 0.5) is 0 Å². The third kappa shape index (κ3) is 3.67. The molecule has 104 valence electrons. The van der Waals surface area contributed by atoms with Crippen molar-refractivity contribution in [3.05, 3.63) is 64.4 Å². The zero-order valence-electron chi connectivity index (χ0n) is 12.2. The van der Waals surface area contributed by atoms with Gasteiger partial charge in [0.05, 0.1) is 0 Å². The van der Waals surface area contributed by atoms with Crippen LogP contribution in [0.5, 0.6) is 0 Å². The van der Waals surface area contributed by atoms with E-state index in [1.807, 2.05) is 42.6 Å². The second-order valence-electron chi connectivity index (χ2n) is 5.70. The molecule has 0 saturated carbocycles. The van der Waals surface area contributed by atoms with Gasteiger partial charge in [0.25, 0.3) is 0 Å². The van der Waals surface area contributed by atoms with Crippen molar-refractivity contribution in [2.75, 3.05) is 0 Å². The molecule has 0 aliphatic carbocycles. The molecule has 0 fully saturated rings. The minimum absolute atomic E-state index is 0.134. The second kappa shape index (κ2) is 6.19. The lowest BCUT2D eigenvalue weighted by atomic mass is 9.80. The smallest absolute Gasteiger partial charge is 0.156 e. The molecule has 0 unspecified atom stereocenters. The Morgan fingerprint density at radius 3 is 2.45 bits per heavy atom. The highest BCUT2D eigenvalue weighted by Gasteiger charge is 2.23. The molecule has 0 amide bonds. The van der Waals surface area contributed by atoms with Crippen molar-refractivity contribution in [3.8, 4) is 0 Å². The molecule has 0 aliphatic rings. The molecule has 0 spiro atoms. The van der Waals surface area contributed by atoms with Crippen molar-refractivity contribution in [1.29, 1.82) is 0 Å². The summed E-state index contributed by atoms with van der Waals surface area (Å²) in [6.45, 7) is 6.24. The van der Waals surface area contributed by atoms with Gasteiger partial charge in [0.15, 0.2) is 5.78 Å². The molecule has 2 heteroatoms. The molecule has 2 aromatic rings. The summed E-state index contributed by atoms with van der Waals surface area (Å²) in [4.78, 5) is 13.4. The number of carbonyl (C=O) groups is 1. The van der Waals surface area contributed by atoms with Gasteiger partial charge in [-0.3, -0.25) is 4.79 Å². The quantitative estimate of drug-likeness (QED) is 0.699. The van der Waals surface area contributed by atoms with Gasteiger partial charge < -0.3 is 0 Å². The summed E-state index contributed by atoms with van der Waals surface area (Å²) in [7, 11) is 0. The summed E-state index contributed by atoms with van der Waals surface area (Å²) in [5.41, 5.74) is 2.12. The van der Waals surface area contributed by atoms with Crippen LogP contribution >= 0.6 is 11.3 Å². The first-order chi connectivity index (χ1) is 9.49. The van der Waals surface area contributed by atoms with Crippen LogP contribution in [0.1, 0.15) is 37.6 Å². The van der Waals surface area contributed by atoms with Crippen molar-refractivity contribution < 1.29 is 4.79 Å². The number of rotatable bonds is 5. The Morgan fingerprint density at radius 1 is 1.15 bits per heavy atom. The Bertz CT molecular complexity index is 592. The SMILES string of the molecule is CC(=CC(=O)CC(C)(C)c1ccccc1)c1cccs1. The molecular formula is C18H20OS. The number of carbonyl (C=O) groups excluding carboxylic acids is 1. The van der Waals surface area contributed by atoms with E-state index in [1.54, 1.807) is 17.4 Å². The second-order valence-corrected chi connectivity index (χ2v) is 6.65. The largest absolute Gasteiger partial charge is 0.295 e. The van der Waals surface area contributed by atoms with E-state index in [1.165, 1.54) is 5.56 Å². The highest BCUT2D eigenvalue weighted by molar-refractivity contribution is 7.11. The first-order valence-corrected chi connectivity index (χ1v) is 7.67. The zero-order valence-corrected chi connectivity index (χ0v) is 13.0. The van der Waals surface area contributed by atoms with E-state index in [-0.39, 0.29) is 11.2 Å². The van der Waals surface area contributed by atoms with Crippen LogP contribution < -0.4 is 0 Å². The number of thiophene rings is 1. The lowest BCUT2D eigenvalue weighted by Gasteiger charge is -2.23. The van der Waals surface area contributed by atoms with Gasteiger partial charge >= 0.3 is 0 Å². The van der Waals surface area contributed by atoms with Crippen LogP contribution in [0.3, 0.4) is 0 Å². The van der Waals surface area contributed by atoms with Gasteiger partial charge in [0, 0.05) is 11.3 Å². The fourth-order valence-corrected chi connectivity index (χ4v) is 3.00. The average molecular weight is 284 g/mol. The zero-order chi connectivity index (χ0) is 14.6. The Balaban J connectivity index is 2.10. The maximum Gasteiger partial charge on any atom is 0.156 e. The molecule has 0 N–H and O–H groups in total. The molecule has 0 atom stereocenters. The molecular weight excluding hydrogens is 264 g/mol. The lowest BCUT2D eigenvalue weighted by molar-refractivity contribution is -0.115. The number of hydrogen-bond acceptors (Lipinski definition) is 2. The minimum Gasteiger partial charge on any atom is -0.295 e. The fraction of sp³-hybridized carbons (Fsp3) is 0.278. The van der Waals surface area contributed by atoms with Crippen molar-refractivity contribution >= 4 is 22.7 Å². The van der Waals surface area contributed by atoms with Crippen molar-refractivity contribution in [3.63, 3.8) is 0 Å². The van der Waals surface area contributed by atoms with E-state index in [0.717, 1.165) is 10.5 Å². The van der Waals surface area contributed by atoms with Gasteiger partial charge in [-0.1, -0.05) is 50.2 Å². The Hall–Kier alpha value is -1.67. The lowest BCUT2D eigenvalue weighted by Crippen LogP contribution is -2.21. The van der Waals surface area contributed by atoms with E-state index in [4.69, 9.17) is 0 Å². The van der Waals surface area contributed by atoms with Gasteiger partial charge in [0.2, 0.25) is 0 Å². The van der Waals surface area contributed by atoms with E-state index in [2.05, 4.69) is 26.0 Å². The topological polar surface area (TPSA) is 17.1 Å². The normalized spacial score (nSPS) is 12.4. The van der Waals surface area contributed by atoms with Crippen LogP contribution in [0.15, 0.2) is 53.9 Å². The predicted molar refractivity (Wildman–Crippen MR) is 87.1 cm³/mol. The summed E-state index contributed by atoms with van der Waals surface area (Å²) in [6.07, 6.45) is 2.30. The van der Waals surface area contributed by atoms with E-state index < -0.39 is 0 Å². The van der Waals surface area contributed by atoms with Crippen molar-refractivity contribution in [2.24, 2.45) is 0 Å². The molecule has 1 nitrogen and oxygen atoms in total. The molecule has 2 rings (SSSR count). The molecule has 0 radical (unpaired) electrons. The maximum atomic E-state index is 12.3. The van der Waals surface area contributed by atoms with Gasteiger partial charge in [-0.05, 0) is 41.0 Å². The van der Waals surface area contributed by atoms with Crippen LogP contribution in [0.2, 0.25) is 0 Å². The van der Waals surface area contributed by atoms with Crippen molar-refractivity contribution in [2.45, 2.75) is 32.6 Å². The first kappa shape index (κ1) is 14.7. The van der Waals surface area contributed by atoms with Gasteiger partial charge in [-0.25, -0.2) is 0 Å². The third-order valence-electron chi connectivity index (χ3n) is 3.46. The monoisotopic (exact) mass is 284 g/mol. The minimum atomic E-state index is -0.134. The Labute approximate surface area is 125 Å². The molecule has 0 bridgehead atoms. The van der Waals surface area contributed by atoms with Crippen LogP contribution in [-0.4, -0.2) is 5.78 Å². The van der Waals surface area contributed by atoms with Crippen molar-refractivity contribution in [1.82, 2.24) is 0 Å². The summed E-state index contributed by atoms with van der Waals surface area (Å²) in [6, 6.07) is 14.3. The highest BCUT2D eigenvalue weighted by atomic mass is 32.1. The van der Waals surface area contributed by atoms with Gasteiger partial charge in [-0.15, -0.1) is 11.3 Å². The number of ketones is 1. The Morgan fingerprint density at radius 2 is 1.85 bits per heavy atom. The first-order valence-electron chi connectivity index (χ1n) is 6.79. The number of benzene rings is 1. The summed E-state index contributed by atoms with van der Waals surface area (Å²) in [5, 5.41) is 2.03. The molecule has 0 saturated heterocycles. The predicted octanol–water partition coefficient (Wildman–Crippen LogP) is 5.09. The standard InChI is InChI=1S/C18H20OS/c1-14(17-10-7-11-20-17)12-16(19)13-18(2,3)15-8-5-4-6-9-15/h4-12H,13H2,1-3H3. The number of allylic oxidation sites excluding steroid dienone is 2. The molecule has 1 heterocycles. The molecule has 0 aliphatic heterocycles. The Kier molecular flexibility index (Phi) is 4.56. The van der Waals surface area contributed by atoms with Crippen LogP contribution in [0, 0.1) is 0 Å². The summed E-state index contributed by atoms with van der Waals surface area (Å²) in [5.74, 6) is 0.185. The van der Waals surface area contributed by atoms with E-state index in [9.17, 15) is 4.79 Å². The van der Waals surface area contributed by atoms with Crippen LogP contribution in [-0.2, 0) is 10.2 Å². The van der Waals surface area contributed by atoms with E-state index in [0.29, 0.717) is 6.42 Å². The number of hydrogen-bond donors (Lipinski definition) is 0. The third-order valence-corrected chi connectivity index (χ3v) is 4.46. The fourth-order valence-electron chi connectivity index (χ4n) is 2.29. The van der Waals surface area contributed by atoms with Gasteiger partial charge in [0.1, 0.15) is 0 Å². The van der Waals surface area contributed by atoms with Gasteiger partial charge in [-0.2, -0.15) is 0 Å². The average Bonchev–Trinajstić information content (AvgIpc) is 2.93. The van der Waals surface area contributed by atoms with E-state index >= 15 is 0 Å². The molecule has 1 aromatic carbocycles. The maximum absolute atomic E-state index is 12.3. The van der Waals surface area contributed by atoms with Crippen LogP contribution in [0.25, 0.3) is 5.57 Å².